The normalized spacial score (nSPS) is 14.7. The molecule has 2 aromatic rings. The summed E-state index contributed by atoms with van der Waals surface area (Å²) < 4.78 is 5.71. The van der Waals surface area contributed by atoms with E-state index in [2.05, 4.69) is 5.32 Å². The van der Waals surface area contributed by atoms with Crippen LogP contribution in [0.1, 0.15) is 51.0 Å². The lowest BCUT2D eigenvalue weighted by molar-refractivity contribution is -0.140. The zero-order chi connectivity index (χ0) is 22.8. The minimum absolute atomic E-state index is 0.0188. The summed E-state index contributed by atoms with van der Waals surface area (Å²) in [5.74, 6) is 0.650. The van der Waals surface area contributed by atoms with E-state index in [1.54, 1.807) is 17.0 Å². The van der Waals surface area contributed by atoms with Crippen molar-refractivity contribution in [1.29, 1.82) is 0 Å². The lowest BCUT2D eigenvalue weighted by Crippen LogP contribution is -2.50. The summed E-state index contributed by atoms with van der Waals surface area (Å²) >= 11 is 5.89. The molecule has 0 radical (unpaired) electrons. The number of nitrogens with one attached hydrogen (secondary N) is 1. The number of carbonyl (C=O) groups is 2. The molecule has 0 spiro atoms. The quantitative estimate of drug-likeness (QED) is 0.483. The summed E-state index contributed by atoms with van der Waals surface area (Å²) in [7, 11) is 0. The van der Waals surface area contributed by atoms with Crippen molar-refractivity contribution in [1.82, 2.24) is 10.2 Å². The third-order valence-corrected chi connectivity index (χ3v) is 6.22. The molecule has 5 nitrogen and oxygen atoms in total. The van der Waals surface area contributed by atoms with E-state index in [0.717, 1.165) is 43.4 Å². The number of halogens is 1. The zero-order valence-corrected chi connectivity index (χ0v) is 19.5. The van der Waals surface area contributed by atoms with Gasteiger partial charge in [-0.1, -0.05) is 54.8 Å². The molecule has 2 amide bonds. The van der Waals surface area contributed by atoms with Gasteiger partial charge in [-0.05, 0) is 62.4 Å². The van der Waals surface area contributed by atoms with Crippen molar-refractivity contribution in [3.8, 4) is 5.75 Å². The lowest BCUT2D eigenvalue weighted by atomic mass is 10.1. The molecule has 1 fully saturated rings. The van der Waals surface area contributed by atoms with Gasteiger partial charge < -0.3 is 15.0 Å². The molecule has 0 aromatic heterocycles. The molecule has 1 N–H and O–H groups in total. The average Bonchev–Trinajstić information content (AvgIpc) is 3.31. The Morgan fingerprint density at radius 2 is 1.78 bits per heavy atom. The Labute approximate surface area is 196 Å². The minimum atomic E-state index is -0.496. The number of rotatable bonds is 11. The number of ether oxygens (including phenoxy) is 1. The molecule has 32 heavy (non-hydrogen) atoms. The monoisotopic (exact) mass is 456 g/mol. The predicted molar refractivity (Wildman–Crippen MR) is 128 cm³/mol. The van der Waals surface area contributed by atoms with Crippen LogP contribution in [-0.2, 0) is 16.0 Å². The molecule has 1 aliphatic rings. The SMILES string of the molecule is CC(C(=O)NC1CCCC1)N(CCc1ccccc1)C(=O)CCCOc1ccc(Cl)cc1. The van der Waals surface area contributed by atoms with E-state index in [-0.39, 0.29) is 17.9 Å². The highest BCUT2D eigenvalue weighted by Crippen LogP contribution is 2.19. The summed E-state index contributed by atoms with van der Waals surface area (Å²) in [5.41, 5.74) is 1.15. The first-order valence-corrected chi connectivity index (χ1v) is 11.9. The molecule has 1 unspecified atom stereocenters. The number of benzene rings is 2. The Balaban J connectivity index is 1.54. The average molecular weight is 457 g/mol. The van der Waals surface area contributed by atoms with Gasteiger partial charge in [-0.15, -0.1) is 0 Å². The number of carbonyl (C=O) groups excluding carboxylic acids is 2. The van der Waals surface area contributed by atoms with Crippen molar-refractivity contribution in [3.05, 3.63) is 65.2 Å². The Hall–Kier alpha value is -2.53. The van der Waals surface area contributed by atoms with E-state index in [0.29, 0.717) is 31.0 Å². The van der Waals surface area contributed by atoms with Gasteiger partial charge in [0.1, 0.15) is 11.8 Å². The van der Waals surface area contributed by atoms with E-state index < -0.39 is 6.04 Å². The van der Waals surface area contributed by atoms with Gasteiger partial charge in [0.25, 0.3) is 0 Å². The second-order valence-corrected chi connectivity index (χ2v) is 8.83. The summed E-state index contributed by atoms with van der Waals surface area (Å²) in [5, 5.41) is 3.80. The van der Waals surface area contributed by atoms with Crippen LogP contribution >= 0.6 is 11.6 Å². The van der Waals surface area contributed by atoms with Gasteiger partial charge in [0, 0.05) is 24.0 Å². The highest BCUT2D eigenvalue weighted by atomic mass is 35.5. The highest BCUT2D eigenvalue weighted by molar-refractivity contribution is 6.30. The van der Waals surface area contributed by atoms with Gasteiger partial charge in [-0.2, -0.15) is 0 Å². The summed E-state index contributed by atoms with van der Waals surface area (Å²) in [4.78, 5) is 27.7. The minimum Gasteiger partial charge on any atom is -0.494 e. The van der Waals surface area contributed by atoms with Crippen molar-refractivity contribution in [3.63, 3.8) is 0 Å². The molecule has 2 aromatic carbocycles. The summed E-state index contributed by atoms with van der Waals surface area (Å²) in [6, 6.07) is 17.0. The van der Waals surface area contributed by atoms with E-state index in [9.17, 15) is 9.59 Å². The number of hydrogen-bond donors (Lipinski definition) is 1. The molecule has 0 bridgehead atoms. The Bertz CT molecular complexity index is 851. The van der Waals surface area contributed by atoms with Crippen LogP contribution in [0.4, 0.5) is 0 Å². The molecule has 6 heteroatoms. The largest absolute Gasteiger partial charge is 0.494 e. The number of hydrogen-bond acceptors (Lipinski definition) is 3. The Morgan fingerprint density at radius 3 is 2.47 bits per heavy atom. The smallest absolute Gasteiger partial charge is 0.242 e. The molecule has 0 heterocycles. The second kappa shape index (κ2) is 12.5. The van der Waals surface area contributed by atoms with Crippen LogP contribution < -0.4 is 10.1 Å². The molecule has 0 aliphatic heterocycles. The fourth-order valence-electron chi connectivity index (χ4n) is 4.05. The second-order valence-electron chi connectivity index (χ2n) is 8.39. The van der Waals surface area contributed by atoms with Crippen molar-refractivity contribution >= 4 is 23.4 Å². The molecule has 3 rings (SSSR count). The molecule has 1 aliphatic carbocycles. The topological polar surface area (TPSA) is 58.6 Å². The van der Waals surface area contributed by atoms with Crippen LogP contribution in [0.2, 0.25) is 5.02 Å². The van der Waals surface area contributed by atoms with Crippen LogP contribution in [0, 0.1) is 0 Å². The van der Waals surface area contributed by atoms with Gasteiger partial charge in [0.2, 0.25) is 11.8 Å². The van der Waals surface area contributed by atoms with Crippen LogP contribution in [-0.4, -0.2) is 41.9 Å². The van der Waals surface area contributed by atoms with Gasteiger partial charge in [0.05, 0.1) is 6.61 Å². The molecular weight excluding hydrogens is 424 g/mol. The summed E-state index contributed by atoms with van der Waals surface area (Å²) in [6.07, 6.45) is 6.00. The third kappa shape index (κ3) is 7.56. The van der Waals surface area contributed by atoms with Crippen molar-refractivity contribution in [2.45, 2.75) is 64.0 Å². The summed E-state index contributed by atoms with van der Waals surface area (Å²) in [6.45, 7) is 2.78. The zero-order valence-electron chi connectivity index (χ0n) is 18.8. The Kier molecular flexibility index (Phi) is 9.42. The van der Waals surface area contributed by atoms with E-state index in [4.69, 9.17) is 16.3 Å². The van der Waals surface area contributed by atoms with Crippen LogP contribution in [0.15, 0.2) is 54.6 Å². The van der Waals surface area contributed by atoms with Gasteiger partial charge in [0.15, 0.2) is 0 Å². The maximum Gasteiger partial charge on any atom is 0.242 e. The molecule has 1 atom stereocenters. The highest BCUT2D eigenvalue weighted by Gasteiger charge is 2.27. The van der Waals surface area contributed by atoms with Crippen LogP contribution in [0.3, 0.4) is 0 Å². The fraction of sp³-hybridized carbons (Fsp3) is 0.462. The third-order valence-electron chi connectivity index (χ3n) is 5.97. The van der Waals surface area contributed by atoms with Crippen molar-refractivity contribution in [2.24, 2.45) is 0 Å². The van der Waals surface area contributed by atoms with E-state index >= 15 is 0 Å². The van der Waals surface area contributed by atoms with Gasteiger partial charge >= 0.3 is 0 Å². The number of amides is 2. The first-order chi connectivity index (χ1) is 15.5. The van der Waals surface area contributed by atoms with Crippen molar-refractivity contribution in [2.75, 3.05) is 13.2 Å². The molecular formula is C26H33ClN2O3. The maximum absolute atomic E-state index is 13.1. The molecule has 0 saturated heterocycles. The predicted octanol–water partition coefficient (Wildman–Crippen LogP) is 5.02. The van der Waals surface area contributed by atoms with Crippen molar-refractivity contribution < 1.29 is 14.3 Å². The van der Waals surface area contributed by atoms with E-state index in [1.807, 2.05) is 49.4 Å². The molecule has 172 valence electrons. The van der Waals surface area contributed by atoms with Gasteiger partial charge in [-0.3, -0.25) is 9.59 Å². The fourth-order valence-corrected chi connectivity index (χ4v) is 4.18. The number of nitrogens with zero attached hydrogens (tertiary/aromatic N) is 1. The maximum atomic E-state index is 13.1. The standard InChI is InChI=1S/C26H33ClN2O3/c1-20(26(31)28-23-10-5-6-11-23)29(18-17-21-8-3-2-4-9-21)25(30)12-7-19-32-24-15-13-22(27)14-16-24/h2-4,8-9,13-16,20,23H,5-7,10-12,17-19H2,1H3,(H,28,31). The first kappa shape index (κ1) is 24.1. The van der Waals surface area contributed by atoms with E-state index in [1.165, 1.54) is 0 Å². The first-order valence-electron chi connectivity index (χ1n) is 11.5. The van der Waals surface area contributed by atoms with Crippen LogP contribution in [0.5, 0.6) is 5.75 Å². The van der Waals surface area contributed by atoms with Crippen LogP contribution in [0.25, 0.3) is 0 Å². The molecule has 1 saturated carbocycles. The van der Waals surface area contributed by atoms with Gasteiger partial charge in [-0.25, -0.2) is 0 Å². The Morgan fingerprint density at radius 1 is 1.09 bits per heavy atom. The lowest BCUT2D eigenvalue weighted by Gasteiger charge is -2.30.